The van der Waals surface area contributed by atoms with Crippen LogP contribution in [0.4, 0.5) is 0 Å². The highest BCUT2D eigenvalue weighted by Crippen LogP contribution is 2.10. The maximum Gasteiger partial charge on any atom is 0.0819 e. The summed E-state index contributed by atoms with van der Waals surface area (Å²) in [7, 11) is 0. The van der Waals surface area contributed by atoms with Gasteiger partial charge in [0.15, 0.2) is 0 Å². The predicted octanol–water partition coefficient (Wildman–Crippen LogP) is 4.40. The summed E-state index contributed by atoms with van der Waals surface area (Å²) in [6, 6.07) is 0. The summed E-state index contributed by atoms with van der Waals surface area (Å²) in [5.74, 6) is 0. The molecule has 0 rings (SSSR count). The van der Waals surface area contributed by atoms with Crippen molar-refractivity contribution in [2.75, 3.05) is 6.61 Å². The van der Waals surface area contributed by atoms with E-state index in [-0.39, 0.29) is 0 Å². The van der Waals surface area contributed by atoms with Crippen molar-refractivity contribution >= 4 is 0 Å². The normalized spacial score (nSPS) is 10.7. The zero-order valence-corrected chi connectivity index (χ0v) is 9.63. The first kappa shape index (κ1) is 13.9. The van der Waals surface area contributed by atoms with Crippen LogP contribution in [-0.2, 0) is 4.89 Å². The fraction of sp³-hybridized carbons (Fsp3) is 1.00. The van der Waals surface area contributed by atoms with Gasteiger partial charge in [-0.25, -0.2) is 4.89 Å². The molecule has 0 aromatic rings. The van der Waals surface area contributed by atoms with Crippen LogP contribution in [0.3, 0.4) is 0 Å². The van der Waals surface area contributed by atoms with Crippen molar-refractivity contribution in [1.29, 1.82) is 0 Å². The fourth-order valence-electron chi connectivity index (χ4n) is 1.65. The highest BCUT2D eigenvalue weighted by Gasteiger charge is 1.92. The topological polar surface area (TPSA) is 29.5 Å². The van der Waals surface area contributed by atoms with E-state index >= 15 is 0 Å². The van der Waals surface area contributed by atoms with Gasteiger partial charge in [0.2, 0.25) is 0 Å². The number of unbranched alkanes of at least 4 members (excludes halogenated alkanes) is 9. The van der Waals surface area contributed by atoms with E-state index in [1.165, 1.54) is 57.8 Å². The molecule has 0 saturated carbocycles. The van der Waals surface area contributed by atoms with E-state index in [0.29, 0.717) is 6.61 Å². The molecule has 1 N–H and O–H groups in total. The van der Waals surface area contributed by atoms with Gasteiger partial charge < -0.3 is 0 Å². The molecule has 0 bridgehead atoms. The van der Waals surface area contributed by atoms with Crippen molar-refractivity contribution in [2.45, 2.75) is 71.1 Å². The first-order valence-corrected chi connectivity index (χ1v) is 6.18. The van der Waals surface area contributed by atoms with Crippen molar-refractivity contribution in [3.8, 4) is 0 Å². The van der Waals surface area contributed by atoms with Crippen LogP contribution in [0.2, 0.25) is 0 Å². The molecule has 86 valence electrons. The number of hydrogen-bond acceptors (Lipinski definition) is 2. The average Bonchev–Trinajstić information content (AvgIpc) is 2.21. The second kappa shape index (κ2) is 12.9. The van der Waals surface area contributed by atoms with E-state index in [1.54, 1.807) is 0 Å². The lowest BCUT2D eigenvalue weighted by atomic mass is 10.1. The van der Waals surface area contributed by atoms with Crippen LogP contribution in [0.25, 0.3) is 0 Å². The molecule has 0 aromatic carbocycles. The molecule has 0 spiro atoms. The van der Waals surface area contributed by atoms with Gasteiger partial charge in [-0.3, -0.25) is 5.26 Å². The van der Waals surface area contributed by atoms with Gasteiger partial charge in [0.05, 0.1) is 6.61 Å². The minimum absolute atomic E-state index is 0.497. The van der Waals surface area contributed by atoms with Gasteiger partial charge in [-0.15, -0.1) is 0 Å². The molecule has 0 fully saturated rings. The highest BCUT2D eigenvalue weighted by atomic mass is 17.1. The van der Waals surface area contributed by atoms with Crippen LogP contribution >= 0.6 is 0 Å². The highest BCUT2D eigenvalue weighted by molar-refractivity contribution is 4.46. The van der Waals surface area contributed by atoms with E-state index in [0.717, 1.165) is 6.42 Å². The molecular weight excluding hydrogens is 176 g/mol. The van der Waals surface area contributed by atoms with Gasteiger partial charge in [-0.05, 0) is 6.42 Å². The molecular formula is C12H26O2. The van der Waals surface area contributed by atoms with Crippen molar-refractivity contribution < 1.29 is 10.1 Å². The molecule has 0 unspecified atom stereocenters. The third-order valence-corrected chi connectivity index (χ3v) is 2.59. The summed E-state index contributed by atoms with van der Waals surface area (Å²) >= 11 is 0. The Morgan fingerprint density at radius 2 is 1.14 bits per heavy atom. The zero-order chi connectivity index (χ0) is 10.5. The minimum atomic E-state index is 0.497. The van der Waals surface area contributed by atoms with Crippen molar-refractivity contribution in [3.05, 3.63) is 0 Å². The molecule has 0 saturated heterocycles. The lowest BCUT2D eigenvalue weighted by Crippen LogP contribution is -1.88. The second-order valence-corrected chi connectivity index (χ2v) is 4.02. The number of rotatable bonds is 11. The van der Waals surface area contributed by atoms with Crippen LogP contribution in [-0.4, -0.2) is 11.9 Å². The Balaban J connectivity index is 2.78. The monoisotopic (exact) mass is 202 g/mol. The number of hydrogen-bond donors (Lipinski definition) is 1. The van der Waals surface area contributed by atoms with Gasteiger partial charge in [-0.2, -0.15) is 0 Å². The largest absolute Gasteiger partial charge is 0.252 e. The molecule has 0 aromatic heterocycles. The molecule has 0 aliphatic carbocycles. The molecule has 2 nitrogen and oxygen atoms in total. The van der Waals surface area contributed by atoms with E-state index < -0.39 is 0 Å². The summed E-state index contributed by atoms with van der Waals surface area (Å²) < 4.78 is 0. The predicted molar refractivity (Wildman–Crippen MR) is 60.4 cm³/mol. The summed E-state index contributed by atoms with van der Waals surface area (Å²) in [5.41, 5.74) is 0. The summed E-state index contributed by atoms with van der Waals surface area (Å²) in [6.07, 6.45) is 13.1. The molecule has 14 heavy (non-hydrogen) atoms. The Labute approximate surface area is 88.6 Å². The quantitative estimate of drug-likeness (QED) is 0.306. The standard InChI is InChI=1S/C12H26O2/c1-2-3-4-5-6-7-8-9-10-11-12-14-13/h13H,2-12H2,1H3. The summed E-state index contributed by atoms with van der Waals surface area (Å²) in [4.78, 5) is 4.01. The molecule has 0 aliphatic rings. The minimum Gasteiger partial charge on any atom is -0.252 e. The first-order chi connectivity index (χ1) is 6.91. The Morgan fingerprint density at radius 1 is 0.714 bits per heavy atom. The van der Waals surface area contributed by atoms with E-state index in [9.17, 15) is 0 Å². The van der Waals surface area contributed by atoms with Crippen LogP contribution in [0.1, 0.15) is 71.1 Å². The maximum atomic E-state index is 8.09. The molecule has 0 amide bonds. The Morgan fingerprint density at radius 3 is 1.57 bits per heavy atom. The lowest BCUT2D eigenvalue weighted by molar-refractivity contribution is -0.242. The first-order valence-electron chi connectivity index (χ1n) is 6.18. The molecule has 0 heterocycles. The molecule has 0 radical (unpaired) electrons. The van der Waals surface area contributed by atoms with E-state index in [2.05, 4.69) is 11.8 Å². The van der Waals surface area contributed by atoms with Crippen molar-refractivity contribution in [3.63, 3.8) is 0 Å². The molecule has 2 heteroatoms. The van der Waals surface area contributed by atoms with Gasteiger partial charge in [0.25, 0.3) is 0 Å². The van der Waals surface area contributed by atoms with Gasteiger partial charge in [-0.1, -0.05) is 64.7 Å². The lowest BCUT2D eigenvalue weighted by Gasteiger charge is -2.01. The summed E-state index contributed by atoms with van der Waals surface area (Å²) in [5, 5.41) is 8.09. The molecule has 0 aliphatic heterocycles. The molecule has 0 atom stereocenters. The van der Waals surface area contributed by atoms with Crippen LogP contribution in [0.5, 0.6) is 0 Å². The van der Waals surface area contributed by atoms with Crippen molar-refractivity contribution in [2.24, 2.45) is 0 Å². The fourth-order valence-corrected chi connectivity index (χ4v) is 1.65. The van der Waals surface area contributed by atoms with Gasteiger partial charge in [0, 0.05) is 0 Å². The van der Waals surface area contributed by atoms with E-state index in [4.69, 9.17) is 5.26 Å². The third-order valence-electron chi connectivity index (χ3n) is 2.59. The van der Waals surface area contributed by atoms with Crippen molar-refractivity contribution in [1.82, 2.24) is 0 Å². The van der Waals surface area contributed by atoms with Gasteiger partial charge >= 0.3 is 0 Å². The van der Waals surface area contributed by atoms with Gasteiger partial charge in [0.1, 0.15) is 0 Å². The second-order valence-electron chi connectivity index (χ2n) is 4.02. The average molecular weight is 202 g/mol. The third kappa shape index (κ3) is 11.9. The maximum absolute atomic E-state index is 8.09. The van der Waals surface area contributed by atoms with E-state index in [1.807, 2.05) is 0 Å². The Bertz CT molecular complexity index is 82.3. The zero-order valence-electron chi connectivity index (χ0n) is 9.63. The Kier molecular flexibility index (Phi) is 12.8. The van der Waals surface area contributed by atoms with Crippen LogP contribution < -0.4 is 0 Å². The Hall–Kier alpha value is -0.0800. The smallest absolute Gasteiger partial charge is 0.0819 e. The van der Waals surface area contributed by atoms with Crippen LogP contribution in [0, 0.1) is 0 Å². The van der Waals surface area contributed by atoms with Crippen LogP contribution in [0.15, 0.2) is 0 Å². The summed E-state index contributed by atoms with van der Waals surface area (Å²) in [6.45, 7) is 2.75. The SMILES string of the molecule is CCCCCCCCCCCCOO.